The molecule has 4 saturated carbocycles. The molecular weight excluding hydrogens is 371 g/mol. The van der Waals surface area contributed by atoms with Crippen molar-refractivity contribution in [1.82, 2.24) is 15.5 Å². The molecule has 5 rings (SSSR count). The highest BCUT2D eigenvalue weighted by atomic mass is 19.4. The Hall–Kier alpha value is -1.31. The summed E-state index contributed by atoms with van der Waals surface area (Å²) < 4.78 is 38.6. The molecule has 0 aromatic carbocycles. The largest absolute Gasteiger partial charge is 0.393 e. The summed E-state index contributed by atoms with van der Waals surface area (Å²) in [6.07, 6.45) is 3.34. The number of alkyl halides is 3. The molecule has 28 heavy (non-hydrogen) atoms. The molecule has 0 radical (unpaired) electrons. The summed E-state index contributed by atoms with van der Waals surface area (Å²) in [5.41, 5.74) is -0.161. The molecule has 0 aromatic rings. The zero-order valence-corrected chi connectivity index (χ0v) is 16.2. The molecule has 5 nitrogen and oxygen atoms in total. The lowest BCUT2D eigenvalue weighted by atomic mass is 9.53. The van der Waals surface area contributed by atoms with Crippen molar-refractivity contribution in [3.8, 4) is 0 Å². The molecule has 1 aliphatic heterocycles. The lowest BCUT2D eigenvalue weighted by molar-refractivity contribution is -0.186. The molecule has 0 aromatic heterocycles. The standard InChI is InChI=1S/C20H30F3N3O2/c21-20(22,23)16-2-1-4-26(12-16)5-3-17(27)24-18(28)25-19-9-13-6-14(10-19)8-15(7-13)11-19/h13-16H,1-12H2,(H2,24,25,27,28). The number of hydrogen-bond donors (Lipinski definition) is 2. The van der Waals surface area contributed by atoms with Crippen LogP contribution in [0.4, 0.5) is 18.0 Å². The summed E-state index contributed by atoms with van der Waals surface area (Å²) in [5, 5.41) is 5.49. The molecule has 3 amide bonds. The Kier molecular flexibility index (Phi) is 5.35. The first kappa shape index (κ1) is 20.0. The topological polar surface area (TPSA) is 61.4 Å². The van der Waals surface area contributed by atoms with E-state index in [1.165, 1.54) is 19.3 Å². The third kappa shape index (κ3) is 4.47. The number of halogens is 3. The maximum absolute atomic E-state index is 12.9. The molecular formula is C20H30F3N3O2. The molecule has 1 saturated heterocycles. The van der Waals surface area contributed by atoms with Crippen LogP contribution in [-0.4, -0.2) is 48.2 Å². The molecule has 1 unspecified atom stereocenters. The van der Waals surface area contributed by atoms with E-state index >= 15 is 0 Å². The third-order valence-electron chi connectivity index (χ3n) is 7.29. The smallest absolute Gasteiger partial charge is 0.332 e. The van der Waals surface area contributed by atoms with E-state index < -0.39 is 24.0 Å². The summed E-state index contributed by atoms with van der Waals surface area (Å²) in [4.78, 5) is 26.2. The number of nitrogens with zero attached hydrogens (tertiary/aromatic N) is 1. The number of piperidine rings is 1. The third-order valence-corrected chi connectivity index (χ3v) is 7.29. The predicted octanol–water partition coefficient (Wildman–Crippen LogP) is 3.45. The first-order valence-electron chi connectivity index (χ1n) is 10.6. The molecule has 4 bridgehead atoms. The normalized spacial score (nSPS) is 37.7. The highest BCUT2D eigenvalue weighted by molar-refractivity contribution is 5.94. The second kappa shape index (κ2) is 7.50. The van der Waals surface area contributed by atoms with Gasteiger partial charge in [0.1, 0.15) is 0 Å². The van der Waals surface area contributed by atoms with E-state index in [0.717, 1.165) is 19.3 Å². The number of rotatable bonds is 4. The molecule has 2 N–H and O–H groups in total. The lowest BCUT2D eigenvalue weighted by Crippen LogP contribution is -2.61. The van der Waals surface area contributed by atoms with Crippen LogP contribution in [0.1, 0.15) is 57.8 Å². The Bertz CT molecular complexity index is 587. The first-order valence-corrected chi connectivity index (χ1v) is 10.6. The van der Waals surface area contributed by atoms with Gasteiger partial charge in [0.15, 0.2) is 0 Å². The van der Waals surface area contributed by atoms with Gasteiger partial charge in [0, 0.05) is 25.0 Å². The van der Waals surface area contributed by atoms with Crippen molar-refractivity contribution >= 4 is 11.9 Å². The van der Waals surface area contributed by atoms with Gasteiger partial charge in [0.2, 0.25) is 5.91 Å². The Morgan fingerprint density at radius 2 is 1.64 bits per heavy atom. The Balaban J connectivity index is 1.22. The number of likely N-dealkylation sites (tertiary alicyclic amines) is 1. The predicted molar refractivity (Wildman–Crippen MR) is 97.4 cm³/mol. The van der Waals surface area contributed by atoms with Crippen molar-refractivity contribution in [1.29, 1.82) is 0 Å². The van der Waals surface area contributed by atoms with Crippen molar-refractivity contribution < 1.29 is 22.8 Å². The van der Waals surface area contributed by atoms with Crippen LogP contribution >= 0.6 is 0 Å². The van der Waals surface area contributed by atoms with Gasteiger partial charge in [0.05, 0.1) is 5.92 Å². The second-order valence-corrected chi connectivity index (χ2v) is 9.63. The highest BCUT2D eigenvalue weighted by Crippen LogP contribution is 2.55. The van der Waals surface area contributed by atoms with Crippen LogP contribution in [0, 0.1) is 23.7 Å². The van der Waals surface area contributed by atoms with E-state index in [9.17, 15) is 22.8 Å². The van der Waals surface area contributed by atoms with Gasteiger partial charge >= 0.3 is 12.2 Å². The monoisotopic (exact) mass is 401 g/mol. The number of carbonyl (C=O) groups is 2. The number of hydrogen-bond acceptors (Lipinski definition) is 3. The number of amides is 3. The van der Waals surface area contributed by atoms with Gasteiger partial charge in [-0.05, 0) is 75.7 Å². The van der Waals surface area contributed by atoms with Crippen molar-refractivity contribution in [2.75, 3.05) is 19.6 Å². The van der Waals surface area contributed by atoms with Crippen molar-refractivity contribution in [2.45, 2.75) is 69.5 Å². The quantitative estimate of drug-likeness (QED) is 0.759. The zero-order chi connectivity index (χ0) is 19.9. The number of imide groups is 1. The van der Waals surface area contributed by atoms with Crippen LogP contribution in [0.3, 0.4) is 0 Å². The fraction of sp³-hybridized carbons (Fsp3) is 0.900. The minimum absolute atomic E-state index is 0.0405. The minimum Gasteiger partial charge on any atom is -0.332 e. The number of urea groups is 1. The van der Waals surface area contributed by atoms with Gasteiger partial charge in [-0.3, -0.25) is 10.1 Å². The van der Waals surface area contributed by atoms with E-state index in [-0.39, 0.29) is 31.5 Å². The molecule has 8 heteroatoms. The van der Waals surface area contributed by atoms with Crippen LogP contribution in [-0.2, 0) is 4.79 Å². The Morgan fingerprint density at radius 3 is 2.21 bits per heavy atom. The van der Waals surface area contributed by atoms with Crippen molar-refractivity contribution in [2.24, 2.45) is 23.7 Å². The van der Waals surface area contributed by atoms with E-state index in [4.69, 9.17) is 0 Å². The van der Waals surface area contributed by atoms with Gasteiger partial charge in [0.25, 0.3) is 0 Å². The van der Waals surface area contributed by atoms with E-state index in [0.29, 0.717) is 30.7 Å². The lowest BCUT2D eigenvalue weighted by Gasteiger charge is -2.56. The molecule has 158 valence electrons. The molecule has 0 spiro atoms. The van der Waals surface area contributed by atoms with Gasteiger partial charge in [-0.1, -0.05) is 0 Å². The summed E-state index contributed by atoms with van der Waals surface area (Å²) in [6, 6.07) is -0.446. The van der Waals surface area contributed by atoms with E-state index in [1.807, 2.05) is 0 Å². The van der Waals surface area contributed by atoms with E-state index in [1.54, 1.807) is 4.90 Å². The fourth-order valence-electron chi connectivity index (χ4n) is 6.51. The van der Waals surface area contributed by atoms with Crippen LogP contribution in [0.15, 0.2) is 0 Å². The van der Waals surface area contributed by atoms with Crippen LogP contribution in [0.2, 0.25) is 0 Å². The maximum Gasteiger partial charge on any atom is 0.393 e. The fourth-order valence-corrected chi connectivity index (χ4v) is 6.51. The zero-order valence-electron chi connectivity index (χ0n) is 16.2. The molecule has 1 atom stereocenters. The number of carbonyl (C=O) groups excluding carboxylic acids is 2. The molecule has 4 aliphatic carbocycles. The van der Waals surface area contributed by atoms with Gasteiger partial charge in [-0.15, -0.1) is 0 Å². The van der Waals surface area contributed by atoms with Gasteiger partial charge < -0.3 is 10.2 Å². The summed E-state index contributed by atoms with van der Waals surface area (Å²) in [5.74, 6) is 0.355. The summed E-state index contributed by atoms with van der Waals surface area (Å²) in [6.45, 7) is 0.763. The SMILES string of the molecule is O=C(CCN1CCCC(C(F)(F)F)C1)NC(=O)NC12CC3CC(CC(C3)C1)C2. The average Bonchev–Trinajstić information content (AvgIpc) is 2.57. The Morgan fingerprint density at radius 1 is 1.04 bits per heavy atom. The first-order chi connectivity index (χ1) is 13.2. The highest BCUT2D eigenvalue weighted by Gasteiger charge is 2.51. The van der Waals surface area contributed by atoms with Gasteiger partial charge in [-0.2, -0.15) is 13.2 Å². The second-order valence-electron chi connectivity index (χ2n) is 9.63. The van der Waals surface area contributed by atoms with Crippen molar-refractivity contribution in [3.05, 3.63) is 0 Å². The average molecular weight is 401 g/mol. The van der Waals surface area contributed by atoms with Crippen LogP contribution in [0.5, 0.6) is 0 Å². The molecule has 5 aliphatic rings. The van der Waals surface area contributed by atoms with Crippen LogP contribution < -0.4 is 10.6 Å². The number of nitrogens with one attached hydrogen (secondary N) is 2. The molecule has 5 fully saturated rings. The molecule has 1 heterocycles. The van der Waals surface area contributed by atoms with E-state index in [2.05, 4.69) is 10.6 Å². The Labute approximate surface area is 163 Å². The van der Waals surface area contributed by atoms with Gasteiger partial charge in [-0.25, -0.2) is 4.79 Å². The summed E-state index contributed by atoms with van der Waals surface area (Å²) >= 11 is 0. The van der Waals surface area contributed by atoms with Crippen molar-refractivity contribution in [3.63, 3.8) is 0 Å². The van der Waals surface area contributed by atoms with Crippen LogP contribution in [0.25, 0.3) is 0 Å². The maximum atomic E-state index is 12.9. The summed E-state index contributed by atoms with van der Waals surface area (Å²) in [7, 11) is 0. The minimum atomic E-state index is -4.18.